The molecule has 0 atom stereocenters. The Morgan fingerprint density at radius 3 is 1.68 bits per heavy atom. The molecule has 0 spiro atoms. The highest BCUT2D eigenvalue weighted by molar-refractivity contribution is 5.68. The van der Waals surface area contributed by atoms with Gasteiger partial charge in [-0.15, -0.1) is 0 Å². The Labute approximate surface area is 140 Å². The highest BCUT2D eigenvalue weighted by Crippen LogP contribution is 2.27. The molecule has 0 amide bonds. The second kappa shape index (κ2) is 7.25. The van der Waals surface area contributed by atoms with Gasteiger partial charge in [-0.25, -0.2) is 0 Å². The first kappa shape index (κ1) is 16.8. The first-order valence-corrected chi connectivity index (χ1v) is 7.17. The van der Waals surface area contributed by atoms with Crippen molar-refractivity contribution in [3.8, 4) is 34.0 Å². The van der Waals surface area contributed by atoms with E-state index in [1.165, 1.54) is 24.3 Å². The first-order chi connectivity index (χ1) is 12.0. The number of H-pyrrole nitrogens is 1. The molecule has 8 heteroatoms. The van der Waals surface area contributed by atoms with Crippen molar-refractivity contribution < 1.29 is 27.0 Å². The van der Waals surface area contributed by atoms with Crippen LogP contribution in [0.4, 0.5) is 17.6 Å². The molecule has 0 radical (unpaired) electrons. The first-order valence-electron chi connectivity index (χ1n) is 7.17. The van der Waals surface area contributed by atoms with Crippen molar-refractivity contribution in [2.45, 2.75) is 13.2 Å². The summed E-state index contributed by atoms with van der Waals surface area (Å²) < 4.78 is 57.2. The minimum Gasteiger partial charge on any atom is -0.435 e. The van der Waals surface area contributed by atoms with Gasteiger partial charge in [0.2, 0.25) is 0 Å². The van der Waals surface area contributed by atoms with Crippen molar-refractivity contribution in [1.29, 1.82) is 0 Å². The van der Waals surface area contributed by atoms with Gasteiger partial charge >= 0.3 is 13.2 Å². The van der Waals surface area contributed by atoms with Gasteiger partial charge in [0.25, 0.3) is 0 Å². The number of aromatic nitrogens is 2. The number of hydrogen-bond donors (Lipinski definition) is 1. The molecule has 0 saturated heterocycles. The van der Waals surface area contributed by atoms with Gasteiger partial charge in [0.05, 0.1) is 11.4 Å². The lowest BCUT2D eigenvalue weighted by molar-refractivity contribution is -0.0505. The van der Waals surface area contributed by atoms with Gasteiger partial charge in [0.15, 0.2) is 0 Å². The Balaban J connectivity index is 1.75. The van der Waals surface area contributed by atoms with Crippen LogP contribution in [-0.4, -0.2) is 23.4 Å². The Morgan fingerprint density at radius 2 is 1.20 bits per heavy atom. The molecular formula is C17H12F4N2O2. The number of benzene rings is 2. The summed E-state index contributed by atoms with van der Waals surface area (Å²) in [5, 5.41) is 7.00. The van der Waals surface area contributed by atoms with Crippen molar-refractivity contribution in [3.05, 3.63) is 54.6 Å². The fraction of sp³-hybridized carbons (Fsp3) is 0.118. The van der Waals surface area contributed by atoms with Crippen LogP contribution in [0.5, 0.6) is 11.5 Å². The third-order valence-corrected chi connectivity index (χ3v) is 3.34. The van der Waals surface area contributed by atoms with E-state index in [-0.39, 0.29) is 11.5 Å². The Hall–Kier alpha value is -3.03. The second-order valence-electron chi connectivity index (χ2n) is 4.97. The normalized spacial score (nSPS) is 11.1. The summed E-state index contributed by atoms with van der Waals surface area (Å²) in [7, 11) is 0. The molecule has 0 bridgehead atoms. The van der Waals surface area contributed by atoms with E-state index in [0.717, 1.165) is 5.56 Å². The number of ether oxygens (including phenoxy) is 2. The number of nitrogens with zero attached hydrogens (tertiary/aromatic N) is 1. The van der Waals surface area contributed by atoms with Gasteiger partial charge in [-0.3, -0.25) is 5.10 Å². The van der Waals surface area contributed by atoms with Gasteiger partial charge in [0, 0.05) is 5.56 Å². The average molecular weight is 352 g/mol. The van der Waals surface area contributed by atoms with E-state index < -0.39 is 13.2 Å². The Kier molecular flexibility index (Phi) is 4.87. The van der Waals surface area contributed by atoms with Crippen LogP contribution >= 0.6 is 0 Å². The molecule has 3 aromatic rings. The van der Waals surface area contributed by atoms with Crippen LogP contribution in [-0.2, 0) is 0 Å². The molecule has 3 rings (SSSR count). The van der Waals surface area contributed by atoms with E-state index in [2.05, 4.69) is 19.7 Å². The summed E-state index contributed by atoms with van der Waals surface area (Å²) in [6.45, 7) is -5.75. The van der Waals surface area contributed by atoms with Gasteiger partial charge in [-0.1, -0.05) is 0 Å². The molecule has 130 valence electrons. The van der Waals surface area contributed by atoms with Gasteiger partial charge in [-0.2, -0.15) is 22.7 Å². The summed E-state index contributed by atoms with van der Waals surface area (Å²) in [6, 6.07) is 13.9. The van der Waals surface area contributed by atoms with Crippen molar-refractivity contribution in [2.24, 2.45) is 0 Å². The van der Waals surface area contributed by atoms with Crippen molar-refractivity contribution in [1.82, 2.24) is 10.2 Å². The standard InChI is InChI=1S/C17H12F4N2O2/c18-16(19)24-12-5-1-10(2-6-12)14-9-15(23-22-14)11-3-7-13(8-4-11)25-17(20)21/h1-9,16-17H,(H,22,23). The molecule has 2 aromatic carbocycles. The van der Waals surface area contributed by atoms with E-state index >= 15 is 0 Å². The molecule has 0 aliphatic heterocycles. The summed E-state index contributed by atoms with van der Waals surface area (Å²) in [6.07, 6.45) is 0. The maximum absolute atomic E-state index is 12.1. The molecule has 4 nitrogen and oxygen atoms in total. The zero-order chi connectivity index (χ0) is 17.8. The predicted molar refractivity (Wildman–Crippen MR) is 82.7 cm³/mol. The maximum Gasteiger partial charge on any atom is 0.387 e. The molecule has 0 fully saturated rings. The van der Waals surface area contributed by atoms with Crippen LogP contribution in [0.15, 0.2) is 54.6 Å². The number of hydrogen-bond acceptors (Lipinski definition) is 3. The second-order valence-corrected chi connectivity index (χ2v) is 4.97. The van der Waals surface area contributed by atoms with E-state index in [4.69, 9.17) is 0 Å². The van der Waals surface area contributed by atoms with E-state index in [0.29, 0.717) is 17.0 Å². The molecule has 1 heterocycles. The molecule has 0 saturated carbocycles. The monoisotopic (exact) mass is 352 g/mol. The van der Waals surface area contributed by atoms with Crippen LogP contribution in [0, 0.1) is 0 Å². The number of alkyl halides is 4. The minimum atomic E-state index is -2.88. The van der Waals surface area contributed by atoms with Gasteiger partial charge in [-0.05, 0) is 60.2 Å². The predicted octanol–water partition coefficient (Wildman–Crippen LogP) is 4.95. The summed E-state index contributed by atoms with van der Waals surface area (Å²) >= 11 is 0. The topological polar surface area (TPSA) is 47.1 Å². The van der Waals surface area contributed by atoms with Crippen LogP contribution in [0.1, 0.15) is 0 Å². The van der Waals surface area contributed by atoms with E-state index in [1.807, 2.05) is 0 Å². The lowest BCUT2D eigenvalue weighted by Gasteiger charge is -2.04. The SMILES string of the molecule is FC(F)Oc1ccc(-c2cc(-c3ccc(OC(F)F)cc3)[nH]n2)cc1. The molecule has 1 aromatic heterocycles. The number of nitrogens with one attached hydrogen (secondary N) is 1. The van der Waals surface area contributed by atoms with Crippen LogP contribution < -0.4 is 9.47 Å². The zero-order valence-corrected chi connectivity index (χ0v) is 12.6. The molecule has 0 aliphatic rings. The Bertz CT molecular complexity index is 749. The largest absolute Gasteiger partial charge is 0.435 e. The van der Waals surface area contributed by atoms with E-state index in [9.17, 15) is 17.6 Å². The highest BCUT2D eigenvalue weighted by Gasteiger charge is 2.09. The summed E-state index contributed by atoms with van der Waals surface area (Å²) in [4.78, 5) is 0. The molecule has 0 aliphatic carbocycles. The quantitative estimate of drug-likeness (QED) is 0.639. The fourth-order valence-electron chi connectivity index (χ4n) is 2.24. The van der Waals surface area contributed by atoms with Gasteiger partial charge in [0.1, 0.15) is 11.5 Å². The number of halogens is 4. The lowest BCUT2D eigenvalue weighted by Crippen LogP contribution is -2.01. The fourth-order valence-corrected chi connectivity index (χ4v) is 2.24. The Morgan fingerprint density at radius 1 is 0.720 bits per heavy atom. The lowest BCUT2D eigenvalue weighted by atomic mass is 10.1. The molecule has 25 heavy (non-hydrogen) atoms. The van der Waals surface area contributed by atoms with Crippen molar-refractivity contribution in [2.75, 3.05) is 0 Å². The zero-order valence-electron chi connectivity index (χ0n) is 12.6. The van der Waals surface area contributed by atoms with Gasteiger partial charge < -0.3 is 9.47 Å². The smallest absolute Gasteiger partial charge is 0.387 e. The molecule has 1 N–H and O–H groups in total. The maximum atomic E-state index is 12.1. The third-order valence-electron chi connectivity index (χ3n) is 3.34. The van der Waals surface area contributed by atoms with Crippen LogP contribution in [0.25, 0.3) is 22.5 Å². The van der Waals surface area contributed by atoms with Crippen LogP contribution in [0.2, 0.25) is 0 Å². The van der Waals surface area contributed by atoms with Crippen LogP contribution in [0.3, 0.4) is 0 Å². The minimum absolute atomic E-state index is 0.0594. The highest BCUT2D eigenvalue weighted by atomic mass is 19.3. The molecule has 0 unspecified atom stereocenters. The number of rotatable bonds is 6. The summed E-state index contributed by atoms with van der Waals surface area (Å²) in [5.74, 6) is 0.122. The van der Waals surface area contributed by atoms with Crippen molar-refractivity contribution in [3.63, 3.8) is 0 Å². The van der Waals surface area contributed by atoms with E-state index in [1.54, 1.807) is 30.3 Å². The summed E-state index contributed by atoms with van der Waals surface area (Å²) in [5.41, 5.74) is 2.72. The third kappa shape index (κ3) is 4.28. The van der Waals surface area contributed by atoms with Crippen molar-refractivity contribution >= 4 is 0 Å². The average Bonchev–Trinajstić information content (AvgIpc) is 3.05. The molecular weight excluding hydrogens is 340 g/mol. The number of aromatic amines is 1.